The van der Waals surface area contributed by atoms with E-state index < -0.39 is 21.1 Å². The molecule has 32 heavy (non-hydrogen) atoms. The van der Waals surface area contributed by atoms with Crippen LogP contribution in [0.4, 0.5) is 5.69 Å². The van der Waals surface area contributed by atoms with E-state index in [-0.39, 0.29) is 16.7 Å². The second-order valence-corrected chi connectivity index (χ2v) is 9.04. The van der Waals surface area contributed by atoms with E-state index in [9.17, 15) is 18.5 Å². The van der Waals surface area contributed by atoms with Gasteiger partial charge in [0.1, 0.15) is 6.10 Å². The summed E-state index contributed by atoms with van der Waals surface area (Å²) in [6.07, 6.45) is 2.71. The first-order valence-electron chi connectivity index (χ1n) is 10.3. The summed E-state index contributed by atoms with van der Waals surface area (Å²) in [5.41, 5.74) is 0.826. The lowest BCUT2D eigenvalue weighted by Gasteiger charge is -2.30. The molecule has 0 amide bonds. The van der Waals surface area contributed by atoms with E-state index in [0.29, 0.717) is 37.4 Å². The van der Waals surface area contributed by atoms with Gasteiger partial charge in [-0.1, -0.05) is 18.9 Å². The molecule has 1 saturated carbocycles. The van der Waals surface area contributed by atoms with Crippen molar-refractivity contribution in [1.82, 2.24) is 0 Å². The topological polar surface area (TPSA) is 114 Å². The molecule has 0 heterocycles. The van der Waals surface area contributed by atoms with Crippen molar-refractivity contribution >= 4 is 15.8 Å². The third kappa shape index (κ3) is 5.96. The van der Waals surface area contributed by atoms with E-state index in [1.54, 1.807) is 14.2 Å². The highest BCUT2D eigenvalue weighted by Gasteiger charge is 2.32. The molecule has 0 spiro atoms. The number of nitro groups is 1. The smallest absolute Gasteiger partial charge is 0.297 e. The molecular weight excluding hydrogens is 438 g/mol. The van der Waals surface area contributed by atoms with Crippen LogP contribution in [0, 0.1) is 10.1 Å². The molecule has 1 aliphatic carbocycles. The molecule has 1 aliphatic rings. The molecule has 2 aromatic carbocycles. The highest BCUT2D eigenvalue weighted by molar-refractivity contribution is 7.86. The number of hydrogen-bond donors (Lipinski definition) is 0. The maximum Gasteiger partial charge on any atom is 0.297 e. The molecule has 1 fully saturated rings. The summed E-state index contributed by atoms with van der Waals surface area (Å²) in [7, 11) is -0.907. The minimum atomic E-state index is -4.06. The normalized spacial score (nSPS) is 18.8. The monoisotopic (exact) mass is 465 g/mol. The quantitative estimate of drug-likeness (QED) is 0.295. The molecule has 2 atom stereocenters. The zero-order valence-electron chi connectivity index (χ0n) is 18.1. The van der Waals surface area contributed by atoms with Gasteiger partial charge in [0.15, 0.2) is 11.5 Å². The predicted octanol–water partition coefficient (Wildman–Crippen LogP) is 3.89. The molecule has 0 N–H and O–H groups in total. The number of nitrogens with zero attached hydrogens (tertiary/aromatic N) is 1. The fraction of sp³-hybridized carbons (Fsp3) is 0.455. The molecule has 0 aliphatic heterocycles. The number of nitro benzene ring substituents is 1. The Labute approximate surface area is 187 Å². The van der Waals surface area contributed by atoms with Gasteiger partial charge >= 0.3 is 0 Å². The first kappa shape index (κ1) is 24.0. The van der Waals surface area contributed by atoms with E-state index in [4.69, 9.17) is 18.4 Å². The maximum absolute atomic E-state index is 12.7. The van der Waals surface area contributed by atoms with Gasteiger partial charge in [-0.25, -0.2) is 0 Å². The van der Waals surface area contributed by atoms with E-state index in [2.05, 4.69) is 0 Å². The molecular formula is C22H27NO8S. The molecule has 3 rings (SSSR count). The Balaban J connectivity index is 1.61. The number of benzene rings is 2. The van der Waals surface area contributed by atoms with Crippen molar-refractivity contribution in [2.45, 2.75) is 49.2 Å². The van der Waals surface area contributed by atoms with Gasteiger partial charge in [-0.2, -0.15) is 8.42 Å². The third-order valence-electron chi connectivity index (χ3n) is 5.40. The van der Waals surface area contributed by atoms with Gasteiger partial charge in [0.05, 0.1) is 36.7 Å². The highest BCUT2D eigenvalue weighted by atomic mass is 32.2. The molecule has 174 valence electrons. The fourth-order valence-corrected chi connectivity index (χ4v) is 4.81. The molecule has 0 unspecified atom stereocenters. The Morgan fingerprint density at radius 3 is 2.25 bits per heavy atom. The molecule has 2 aromatic rings. The molecule has 0 radical (unpaired) electrons. The zero-order valence-corrected chi connectivity index (χ0v) is 18.9. The second-order valence-electron chi connectivity index (χ2n) is 7.47. The van der Waals surface area contributed by atoms with Gasteiger partial charge in [0.25, 0.3) is 15.8 Å². The van der Waals surface area contributed by atoms with Gasteiger partial charge < -0.3 is 14.2 Å². The van der Waals surface area contributed by atoms with Crippen LogP contribution in [0.15, 0.2) is 47.4 Å². The number of non-ortho nitro benzene ring substituents is 1. The number of rotatable bonds is 10. The van der Waals surface area contributed by atoms with Gasteiger partial charge in [-0.05, 0) is 49.1 Å². The van der Waals surface area contributed by atoms with Crippen molar-refractivity contribution in [3.63, 3.8) is 0 Å². The standard InChI is InChI=1S/C22H27NO8S/c1-28-19-12-7-16(15-22(19)29-2)13-14-30-20-5-3-4-6-21(20)31-32(26,27)18-10-8-17(9-11-18)23(24)25/h7-12,15,20-21H,3-6,13-14H2,1-2H3/t20-,21+/m1/s1. The number of ether oxygens (including phenoxy) is 3. The molecule has 10 heteroatoms. The van der Waals surface area contributed by atoms with Crippen molar-refractivity contribution in [3.05, 3.63) is 58.1 Å². The van der Waals surface area contributed by atoms with Crippen molar-refractivity contribution in [1.29, 1.82) is 0 Å². The summed E-state index contributed by atoms with van der Waals surface area (Å²) in [4.78, 5) is 10.1. The Kier molecular flexibility index (Phi) is 8.05. The van der Waals surface area contributed by atoms with Crippen molar-refractivity contribution < 1.29 is 31.7 Å². The lowest BCUT2D eigenvalue weighted by molar-refractivity contribution is -0.384. The Hall–Kier alpha value is -2.69. The van der Waals surface area contributed by atoms with Crippen LogP contribution in [0.2, 0.25) is 0 Å². The Morgan fingerprint density at radius 2 is 1.62 bits per heavy atom. The second kappa shape index (κ2) is 10.8. The minimum absolute atomic E-state index is 0.113. The third-order valence-corrected chi connectivity index (χ3v) is 6.75. The fourth-order valence-electron chi connectivity index (χ4n) is 3.68. The lowest BCUT2D eigenvalue weighted by Crippen LogP contribution is -2.36. The van der Waals surface area contributed by atoms with E-state index >= 15 is 0 Å². The van der Waals surface area contributed by atoms with Crippen LogP contribution in [0.3, 0.4) is 0 Å². The Bertz CT molecular complexity index is 1020. The summed E-state index contributed by atoms with van der Waals surface area (Å²) in [6, 6.07) is 10.3. The van der Waals surface area contributed by atoms with Crippen LogP contribution in [0.5, 0.6) is 11.5 Å². The first-order valence-corrected chi connectivity index (χ1v) is 11.7. The molecule has 0 aromatic heterocycles. The van der Waals surface area contributed by atoms with E-state index in [0.717, 1.165) is 30.5 Å². The van der Waals surface area contributed by atoms with Gasteiger partial charge in [0, 0.05) is 12.1 Å². The van der Waals surface area contributed by atoms with Crippen LogP contribution in [0.25, 0.3) is 0 Å². The van der Waals surface area contributed by atoms with Gasteiger partial charge in [0.2, 0.25) is 0 Å². The van der Waals surface area contributed by atoms with Crippen LogP contribution < -0.4 is 9.47 Å². The average molecular weight is 466 g/mol. The number of methoxy groups -OCH3 is 2. The summed E-state index contributed by atoms with van der Waals surface area (Å²) in [6.45, 7) is 0.400. The van der Waals surface area contributed by atoms with Crippen LogP contribution in [0.1, 0.15) is 31.2 Å². The summed E-state index contributed by atoms with van der Waals surface area (Å²) >= 11 is 0. The summed E-state index contributed by atoms with van der Waals surface area (Å²) in [5, 5.41) is 10.8. The maximum atomic E-state index is 12.7. The Morgan fingerprint density at radius 1 is 0.969 bits per heavy atom. The van der Waals surface area contributed by atoms with Crippen molar-refractivity contribution in [2.75, 3.05) is 20.8 Å². The van der Waals surface area contributed by atoms with Gasteiger partial charge in [-0.15, -0.1) is 0 Å². The lowest BCUT2D eigenvalue weighted by atomic mass is 9.95. The van der Waals surface area contributed by atoms with E-state index in [1.807, 2.05) is 18.2 Å². The van der Waals surface area contributed by atoms with Gasteiger partial charge in [-0.3, -0.25) is 14.3 Å². The van der Waals surface area contributed by atoms with Crippen molar-refractivity contribution in [2.24, 2.45) is 0 Å². The largest absolute Gasteiger partial charge is 0.493 e. The van der Waals surface area contributed by atoms with Crippen LogP contribution >= 0.6 is 0 Å². The highest BCUT2D eigenvalue weighted by Crippen LogP contribution is 2.30. The zero-order chi connectivity index (χ0) is 23.1. The molecule has 0 saturated heterocycles. The molecule has 9 nitrogen and oxygen atoms in total. The van der Waals surface area contributed by atoms with E-state index in [1.165, 1.54) is 12.1 Å². The van der Waals surface area contributed by atoms with Crippen LogP contribution in [-0.4, -0.2) is 46.4 Å². The predicted molar refractivity (Wildman–Crippen MR) is 117 cm³/mol. The average Bonchev–Trinajstić information content (AvgIpc) is 2.80. The number of hydrogen-bond acceptors (Lipinski definition) is 8. The first-order chi connectivity index (χ1) is 15.3. The van der Waals surface area contributed by atoms with Crippen LogP contribution in [-0.2, 0) is 25.5 Å². The van der Waals surface area contributed by atoms with Crippen molar-refractivity contribution in [3.8, 4) is 11.5 Å². The molecule has 0 bridgehead atoms. The SMILES string of the molecule is COc1ccc(CCO[C@@H]2CCCC[C@@H]2OS(=O)(=O)c2ccc([N+](=O)[O-])cc2)cc1OC. The summed E-state index contributed by atoms with van der Waals surface area (Å²) in [5.74, 6) is 1.28. The summed E-state index contributed by atoms with van der Waals surface area (Å²) < 4.78 is 47.4. The minimum Gasteiger partial charge on any atom is -0.493 e.